The highest BCUT2D eigenvalue weighted by molar-refractivity contribution is 6.31. The van der Waals surface area contributed by atoms with Gasteiger partial charge in [0.1, 0.15) is 11.3 Å². The van der Waals surface area contributed by atoms with Crippen LogP contribution >= 0.6 is 11.6 Å². The van der Waals surface area contributed by atoms with Crippen molar-refractivity contribution in [2.75, 3.05) is 12.4 Å². The largest absolute Gasteiger partial charge is 0.495 e. The number of ether oxygens (including phenoxy) is 1. The molecule has 0 saturated heterocycles. The van der Waals surface area contributed by atoms with Crippen molar-refractivity contribution in [1.82, 2.24) is 9.78 Å². The van der Waals surface area contributed by atoms with Gasteiger partial charge in [-0.25, -0.2) is 4.68 Å². The summed E-state index contributed by atoms with van der Waals surface area (Å²) >= 11 is 6.03. The van der Waals surface area contributed by atoms with Crippen molar-refractivity contribution < 1.29 is 9.53 Å². The molecule has 0 atom stereocenters. The lowest BCUT2D eigenvalue weighted by molar-refractivity contribution is -0.123. The molecule has 0 saturated carbocycles. The SMILES string of the molecule is COc1ccc(Cl)cc1NC(=O)C(C)(C)n1nc(-c2ccccc2)ccc1=O. The highest BCUT2D eigenvalue weighted by Crippen LogP contribution is 2.29. The van der Waals surface area contributed by atoms with Crippen LogP contribution in [0.3, 0.4) is 0 Å². The van der Waals surface area contributed by atoms with E-state index in [0.29, 0.717) is 22.2 Å². The van der Waals surface area contributed by atoms with Crippen molar-refractivity contribution in [1.29, 1.82) is 0 Å². The second-order valence-corrected chi connectivity index (χ2v) is 7.13. The van der Waals surface area contributed by atoms with E-state index in [9.17, 15) is 9.59 Å². The van der Waals surface area contributed by atoms with Crippen LogP contribution in [0.5, 0.6) is 5.75 Å². The molecule has 28 heavy (non-hydrogen) atoms. The summed E-state index contributed by atoms with van der Waals surface area (Å²) in [5.74, 6) is 0.0415. The molecule has 1 N–H and O–H groups in total. The van der Waals surface area contributed by atoms with Crippen molar-refractivity contribution in [2.45, 2.75) is 19.4 Å². The van der Waals surface area contributed by atoms with Crippen LogP contribution in [-0.2, 0) is 10.3 Å². The Kier molecular flexibility index (Phi) is 5.51. The molecule has 2 aromatic carbocycles. The van der Waals surface area contributed by atoms with Crippen LogP contribution in [0.15, 0.2) is 65.5 Å². The predicted octanol–water partition coefficient (Wildman–Crippen LogP) is 3.95. The number of nitrogens with one attached hydrogen (secondary N) is 1. The molecule has 0 spiro atoms. The van der Waals surface area contributed by atoms with Crippen LogP contribution in [-0.4, -0.2) is 22.8 Å². The van der Waals surface area contributed by atoms with Gasteiger partial charge in [-0.1, -0.05) is 41.9 Å². The number of carbonyl (C=O) groups is 1. The minimum Gasteiger partial charge on any atom is -0.495 e. The number of benzene rings is 2. The molecule has 0 aliphatic heterocycles. The van der Waals surface area contributed by atoms with Crippen molar-refractivity contribution in [3.63, 3.8) is 0 Å². The zero-order chi connectivity index (χ0) is 20.3. The highest BCUT2D eigenvalue weighted by atomic mass is 35.5. The Bertz CT molecular complexity index is 1060. The van der Waals surface area contributed by atoms with Gasteiger partial charge in [0.2, 0.25) is 0 Å². The average molecular weight is 398 g/mol. The number of hydrogen-bond acceptors (Lipinski definition) is 4. The van der Waals surface area contributed by atoms with Gasteiger partial charge >= 0.3 is 0 Å². The topological polar surface area (TPSA) is 73.2 Å². The van der Waals surface area contributed by atoms with Gasteiger partial charge in [-0.15, -0.1) is 0 Å². The first kappa shape index (κ1) is 19.6. The Balaban J connectivity index is 1.97. The maximum Gasteiger partial charge on any atom is 0.267 e. The third-order valence-corrected chi connectivity index (χ3v) is 4.60. The molecule has 0 unspecified atom stereocenters. The summed E-state index contributed by atoms with van der Waals surface area (Å²) in [6, 6.07) is 17.4. The molecule has 0 radical (unpaired) electrons. The first-order valence-electron chi connectivity index (χ1n) is 8.64. The number of carbonyl (C=O) groups excluding carboxylic acids is 1. The molecule has 0 fully saturated rings. The van der Waals surface area contributed by atoms with E-state index in [4.69, 9.17) is 16.3 Å². The molecule has 144 valence electrons. The molecular formula is C21H20ClN3O3. The molecule has 0 aliphatic rings. The summed E-state index contributed by atoms with van der Waals surface area (Å²) in [7, 11) is 1.50. The van der Waals surface area contributed by atoms with Crippen molar-refractivity contribution in [3.05, 3.63) is 76.0 Å². The molecular weight excluding hydrogens is 378 g/mol. The Morgan fingerprint density at radius 2 is 1.82 bits per heavy atom. The number of hydrogen-bond donors (Lipinski definition) is 1. The zero-order valence-corrected chi connectivity index (χ0v) is 16.5. The van der Waals surface area contributed by atoms with Crippen LogP contribution in [0.25, 0.3) is 11.3 Å². The first-order valence-corrected chi connectivity index (χ1v) is 9.02. The smallest absolute Gasteiger partial charge is 0.267 e. The van der Waals surface area contributed by atoms with E-state index in [1.54, 1.807) is 38.1 Å². The first-order chi connectivity index (χ1) is 13.3. The van der Waals surface area contributed by atoms with Crippen LogP contribution in [0, 0.1) is 0 Å². The number of halogens is 1. The quantitative estimate of drug-likeness (QED) is 0.707. The fourth-order valence-electron chi connectivity index (χ4n) is 2.72. The minimum atomic E-state index is -1.25. The lowest BCUT2D eigenvalue weighted by Gasteiger charge is -2.26. The van der Waals surface area contributed by atoms with Gasteiger partial charge in [0.05, 0.1) is 18.5 Å². The fraction of sp³-hybridized carbons (Fsp3) is 0.190. The molecule has 0 aliphatic carbocycles. The highest BCUT2D eigenvalue weighted by Gasteiger charge is 2.33. The van der Waals surface area contributed by atoms with Crippen molar-refractivity contribution in [2.24, 2.45) is 0 Å². The molecule has 7 heteroatoms. The number of anilines is 1. The molecule has 3 aromatic rings. The van der Waals surface area contributed by atoms with E-state index < -0.39 is 11.4 Å². The van der Waals surface area contributed by atoms with Gasteiger partial charge in [-0.3, -0.25) is 9.59 Å². The second kappa shape index (κ2) is 7.86. The summed E-state index contributed by atoms with van der Waals surface area (Å²) in [5.41, 5.74) is 0.235. The number of amides is 1. The van der Waals surface area contributed by atoms with E-state index in [0.717, 1.165) is 5.56 Å². The van der Waals surface area contributed by atoms with E-state index in [1.807, 2.05) is 30.3 Å². The van der Waals surface area contributed by atoms with Crippen molar-refractivity contribution >= 4 is 23.2 Å². The zero-order valence-electron chi connectivity index (χ0n) is 15.8. The Morgan fingerprint density at radius 3 is 2.50 bits per heavy atom. The van der Waals surface area contributed by atoms with E-state index >= 15 is 0 Å². The van der Waals surface area contributed by atoms with Gasteiger partial charge in [-0.2, -0.15) is 5.10 Å². The van der Waals surface area contributed by atoms with Gasteiger partial charge in [0.25, 0.3) is 11.5 Å². The molecule has 6 nitrogen and oxygen atoms in total. The summed E-state index contributed by atoms with van der Waals surface area (Å²) in [6.07, 6.45) is 0. The number of rotatable bonds is 5. The monoisotopic (exact) mass is 397 g/mol. The number of nitrogens with zero attached hydrogens (tertiary/aromatic N) is 2. The molecule has 1 heterocycles. The standard InChI is InChI=1S/C21H20ClN3O3/c1-21(2,20(27)23-17-13-15(22)9-11-18(17)28-3)25-19(26)12-10-16(24-25)14-7-5-4-6-8-14/h4-13H,1-3H3,(H,23,27). The van der Waals surface area contributed by atoms with Crippen LogP contribution < -0.4 is 15.6 Å². The fourth-order valence-corrected chi connectivity index (χ4v) is 2.90. The van der Waals surface area contributed by atoms with Crippen LogP contribution in [0.2, 0.25) is 5.02 Å². The Morgan fingerprint density at radius 1 is 1.11 bits per heavy atom. The normalized spacial score (nSPS) is 11.1. The molecule has 1 aromatic heterocycles. The van der Waals surface area contributed by atoms with E-state index in [2.05, 4.69) is 10.4 Å². The Labute approximate surface area is 167 Å². The molecule has 0 bridgehead atoms. The van der Waals surface area contributed by atoms with E-state index in [-0.39, 0.29) is 5.56 Å². The number of aromatic nitrogens is 2. The van der Waals surface area contributed by atoms with Crippen molar-refractivity contribution in [3.8, 4) is 17.0 Å². The average Bonchev–Trinajstić information content (AvgIpc) is 2.69. The second-order valence-electron chi connectivity index (χ2n) is 6.69. The third-order valence-electron chi connectivity index (χ3n) is 4.36. The summed E-state index contributed by atoms with van der Waals surface area (Å²) < 4.78 is 6.44. The van der Waals surface area contributed by atoms with Crippen LogP contribution in [0.1, 0.15) is 13.8 Å². The molecule has 3 rings (SSSR count). The predicted molar refractivity (Wildman–Crippen MR) is 110 cm³/mol. The summed E-state index contributed by atoms with van der Waals surface area (Å²) in [6.45, 7) is 3.26. The summed E-state index contributed by atoms with van der Waals surface area (Å²) in [5, 5.41) is 7.66. The van der Waals surface area contributed by atoms with E-state index in [1.165, 1.54) is 17.9 Å². The maximum atomic E-state index is 13.0. The molecule has 1 amide bonds. The van der Waals surface area contributed by atoms with Gasteiger partial charge in [0.15, 0.2) is 0 Å². The number of methoxy groups -OCH3 is 1. The lowest BCUT2D eigenvalue weighted by Crippen LogP contribution is -2.47. The maximum absolute atomic E-state index is 13.0. The van der Waals surface area contributed by atoms with Gasteiger partial charge < -0.3 is 10.1 Å². The summed E-state index contributed by atoms with van der Waals surface area (Å²) in [4.78, 5) is 25.5. The third kappa shape index (κ3) is 3.92. The van der Waals surface area contributed by atoms with Gasteiger partial charge in [0, 0.05) is 16.7 Å². The van der Waals surface area contributed by atoms with Gasteiger partial charge in [-0.05, 0) is 38.1 Å². The van der Waals surface area contributed by atoms with Crippen LogP contribution in [0.4, 0.5) is 5.69 Å². The minimum absolute atomic E-state index is 0.377. The Hall–Kier alpha value is -3.12. The lowest BCUT2D eigenvalue weighted by atomic mass is 10.0.